The number of benzene rings is 2. The van der Waals surface area contributed by atoms with Gasteiger partial charge in [0.15, 0.2) is 0 Å². The monoisotopic (exact) mass is 397 g/mol. The van der Waals surface area contributed by atoms with Gasteiger partial charge >= 0.3 is 6.03 Å². The Morgan fingerprint density at radius 2 is 1.57 bits per heavy atom. The Kier molecular flexibility index (Phi) is 5.65. The number of aromatic nitrogens is 2. The summed E-state index contributed by atoms with van der Waals surface area (Å²) in [7, 11) is 0. The molecule has 0 aliphatic rings. The minimum Gasteiger partial charge on any atom is -0.351 e. The Balaban J connectivity index is 1.75. The lowest BCUT2D eigenvalue weighted by Crippen LogP contribution is -2.19. The zero-order valence-corrected chi connectivity index (χ0v) is 16.2. The van der Waals surface area contributed by atoms with Crippen molar-refractivity contribution in [1.29, 1.82) is 0 Å². The molecule has 7 nitrogen and oxygen atoms in total. The van der Waals surface area contributed by atoms with Crippen LogP contribution >= 0.6 is 11.6 Å². The van der Waals surface area contributed by atoms with E-state index >= 15 is 0 Å². The number of hydrogen-bond acceptors (Lipinski definition) is 3. The highest BCUT2D eigenvalue weighted by molar-refractivity contribution is 6.33. The predicted molar refractivity (Wildman–Crippen MR) is 110 cm³/mol. The number of primary amides is 1. The van der Waals surface area contributed by atoms with Gasteiger partial charge < -0.3 is 16.4 Å². The van der Waals surface area contributed by atoms with Crippen molar-refractivity contribution in [2.45, 2.75) is 20.4 Å². The number of carbonyl (C=O) groups is 2. The summed E-state index contributed by atoms with van der Waals surface area (Å²) in [5, 5.41) is 9.92. The number of hydrogen-bond donors (Lipinski definition) is 3. The summed E-state index contributed by atoms with van der Waals surface area (Å²) in [6, 6.07) is 14.0. The Morgan fingerprint density at radius 1 is 1.00 bits per heavy atom. The van der Waals surface area contributed by atoms with Crippen molar-refractivity contribution < 1.29 is 9.59 Å². The van der Waals surface area contributed by atoms with Crippen LogP contribution in [-0.2, 0) is 6.54 Å². The van der Waals surface area contributed by atoms with E-state index in [2.05, 4.69) is 15.7 Å². The smallest absolute Gasteiger partial charge is 0.316 e. The Labute approximate surface area is 167 Å². The Bertz CT molecular complexity index is 1010. The highest BCUT2D eigenvalue weighted by Crippen LogP contribution is 2.23. The molecule has 0 saturated heterocycles. The zero-order chi connectivity index (χ0) is 20.3. The van der Waals surface area contributed by atoms with Crippen LogP contribution in [0.5, 0.6) is 0 Å². The number of anilines is 2. The first-order valence-corrected chi connectivity index (χ1v) is 8.97. The van der Waals surface area contributed by atoms with Gasteiger partial charge in [0.25, 0.3) is 5.91 Å². The molecule has 3 amide bonds. The predicted octanol–water partition coefficient (Wildman–Crippen LogP) is 3.94. The van der Waals surface area contributed by atoms with E-state index in [1.165, 1.54) is 5.56 Å². The molecule has 0 aliphatic carbocycles. The molecular formula is C20H20ClN5O2. The van der Waals surface area contributed by atoms with Crippen molar-refractivity contribution in [3.63, 3.8) is 0 Å². The third kappa shape index (κ3) is 4.50. The van der Waals surface area contributed by atoms with E-state index in [1.54, 1.807) is 35.9 Å². The maximum absolute atomic E-state index is 12.7. The molecule has 1 heterocycles. The van der Waals surface area contributed by atoms with Crippen molar-refractivity contribution in [1.82, 2.24) is 9.78 Å². The summed E-state index contributed by atoms with van der Waals surface area (Å²) < 4.78 is 1.61. The fourth-order valence-corrected chi connectivity index (χ4v) is 3.08. The topological polar surface area (TPSA) is 102 Å². The number of rotatable bonds is 5. The normalized spacial score (nSPS) is 10.5. The number of nitrogens with zero attached hydrogens (tertiary/aromatic N) is 2. The van der Waals surface area contributed by atoms with Crippen LogP contribution in [0, 0.1) is 13.8 Å². The second kappa shape index (κ2) is 8.14. The fourth-order valence-electron chi connectivity index (χ4n) is 2.76. The van der Waals surface area contributed by atoms with Gasteiger partial charge in [0.05, 0.1) is 17.8 Å². The van der Waals surface area contributed by atoms with Crippen LogP contribution in [0.3, 0.4) is 0 Å². The fraction of sp³-hybridized carbons (Fsp3) is 0.150. The van der Waals surface area contributed by atoms with E-state index in [-0.39, 0.29) is 11.1 Å². The molecule has 0 radical (unpaired) electrons. The molecule has 4 N–H and O–H groups in total. The van der Waals surface area contributed by atoms with E-state index < -0.39 is 6.03 Å². The molecule has 3 aromatic rings. The Morgan fingerprint density at radius 3 is 2.14 bits per heavy atom. The van der Waals surface area contributed by atoms with Gasteiger partial charge in [0.1, 0.15) is 5.15 Å². The number of carbonyl (C=O) groups excluding carboxylic acids is 2. The van der Waals surface area contributed by atoms with E-state index in [0.717, 1.165) is 5.56 Å². The standard InChI is InChI=1S/C20H20ClN5O2/c1-12-3-5-14(6-4-12)11-26-18(21)17(13(2)25-26)19(27)23-15-7-9-16(10-8-15)24-20(22)28/h3-10H,11H2,1-2H3,(H,23,27)(H3,22,24,28). The van der Waals surface area contributed by atoms with Gasteiger partial charge in [-0.05, 0) is 43.7 Å². The lowest BCUT2D eigenvalue weighted by Gasteiger charge is -2.07. The molecule has 0 atom stereocenters. The highest BCUT2D eigenvalue weighted by atomic mass is 35.5. The zero-order valence-electron chi connectivity index (χ0n) is 15.5. The van der Waals surface area contributed by atoms with Crippen LogP contribution in [0.25, 0.3) is 0 Å². The highest BCUT2D eigenvalue weighted by Gasteiger charge is 2.20. The molecule has 0 saturated carbocycles. The molecule has 0 spiro atoms. The molecule has 3 rings (SSSR count). The van der Waals surface area contributed by atoms with Crippen LogP contribution in [0.15, 0.2) is 48.5 Å². The maximum atomic E-state index is 12.7. The van der Waals surface area contributed by atoms with Gasteiger partial charge in [-0.2, -0.15) is 5.10 Å². The SMILES string of the molecule is Cc1ccc(Cn2nc(C)c(C(=O)Nc3ccc(NC(N)=O)cc3)c2Cl)cc1. The number of nitrogens with two attached hydrogens (primary N) is 1. The van der Waals surface area contributed by atoms with E-state index in [0.29, 0.717) is 29.2 Å². The third-order valence-corrected chi connectivity index (χ3v) is 4.54. The third-order valence-electron chi connectivity index (χ3n) is 4.16. The average molecular weight is 398 g/mol. The number of aryl methyl sites for hydroxylation is 2. The second-order valence-corrected chi connectivity index (χ2v) is 6.77. The Hall–Kier alpha value is -3.32. The van der Waals surface area contributed by atoms with Gasteiger partial charge in [-0.25, -0.2) is 9.48 Å². The molecule has 0 bridgehead atoms. The number of urea groups is 1. The summed E-state index contributed by atoms with van der Waals surface area (Å²) in [5.74, 6) is -0.353. The summed E-state index contributed by atoms with van der Waals surface area (Å²) in [4.78, 5) is 23.5. The summed E-state index contributed by atoms with van der Waals surface area (Å²) in [6.45, 7) is 4.24. The summed E-state index contributed by atoms with van der Waals surface area (Å²) >= 11 is 6.43. The lowest BCUT2D eigenvalue weighted by molar-refractivity contribution is 0.102. The quantitative estimate of drug-likeness (QED) is 0.607. The first-order chi connectivity index (χ1) is 13.3. The molecule has 8 heteroatoms. The summed E-state index contributed by atoms with van der Waals surface area (Å²) in [6.07, 6.45) is 0. The van der Waals surface area contributed by atoms with Crippen molar-refractivity contribution >= 4 is 34.9 Å². The number of nitrogens with one attached hydrogen (secondary N) is 2. The number of halogens is 1. The van der Waals surface area contributed by atoms with Crippen LogP contribution in [0.2, 0.25) is 5.15 Å². The van der Waals surface area contributed by atoms with Gasteiger partial charge in [-0.3, -0.25) is 4.79 Å². The molecule has 2 aromatic carbocycles. The van der Waals surface area contributed by atoms with Crippen molar-refractivity contribution in [3.05, 3.63) is 76.1 Å². The first kappa shape index (κ1) is 19.4. The van der Waals surface area contributed by atoms with Crippen LogP contribution in [0.1, 0.15) is 27.2 Å². The van der Waals surface area contributed by atoms with Crippen LogP contribution in [-0.4, -0.2) is 21.7 Å². The lowest BCUT2D eigenvalue weighted by atomic mass is 10.1. The van der Waals surface area contributed by atoms with E-state index in [1.807, 2.05) is 31.2 Å². The van der Waals surface area contributed by atoms with E-state index in [9.17, 15) is 9.59 Å². The summed E-state index contributed by atoms with van der Waals surface area (Å²) in [5.41, 5.74) is 9.25. The first-order valence-electron chi connectivity index (χ1n) is 8.60. The van der Waals surface area contributed by atoms with Gasteiger partial charge in [0.2, 0.25) is 0 Å². The molecular weight excluding hydrogens is 378 g/mol. The molecule has 0 fully saturated rings. The molecule has 144 valence electrons. The van der Waals surface area contributed by atoms with Gasteiger partial charge in [-0.1, -0.05) is 41.4 Å². The van der Waals surface area contributed by atoms with E-state index in [4.69, 9.17) is 17.3 Å². The largest absolute Gasteiger partial charge is 0.351 e. The van der Waals surface area contributed by atoms with Gasteiger partial charge in [0, 0.05) is 11.4 Å². The van der Waals surface area contributed by atoms with Crippen molar-refractivity contribution in [3.8, 4) is 0 Å². The van der Waals surface area contributed by atoms with Crippen LogP contribution < -0.4 is 16.4 Å². The minimum absolute atomic E-state index is 0.280. The number of amides is 3. The second-order valence-electron chi connectivity index (χ2n) is 6.42. The minimum atomic E-state index is -0.653. The van der Waals surface area contributed by atoms with Gasteiger partial charge in [-0.15, -0.1) is 0 Å². The van der Waals surface area contributed by atoms with Crippen molar-refractivity contribution in [2.75, 3.05) is 10.6 Å². The molecule has 0 unspecified atom stereocenters. The molecule has 1 aromatic heterocycles. The molecule has 28 heavy (non-hydrogen) atoms. The average Bonchev–Trinajstić information content (AvgIpc) is 2.91. The molecule has 0 aliphatic heterocycles. The van der Waals surface area contributed by atoms with Crippen molar-refractivity contribution in [2.24, 2.45) is 5.73 Å². The van der Waals surface area contributed by atoms with Crippen LogP contribution in [0.4, 0.5) is 16.2 Å². The maximum Gasteiger partial charge on any atom is 0.316 e.